The van der Waals surface area contributed by atoms with Crippen molar-refractivity contribution in [2.45, 2.75) is 24.6 Å². The molecule has 2 rings (SSSR count). The van der Waals surface area contributed by atoms with Gasteiger partial charge >= 0.3 is 12.1 Å². The number of aromatic nitrogens is 1. The number of aryl methyl sites for hydroxylation is 1. The largest absolute Gasteiger partial charge is 0.457 e. The highest BCUT2D eigenvalue weighted by atomic mass is 19.4. The van der Waals surface area contributed by atoms with Crippen LogP contribution in [0.25, 0.3) is 0 Å². The monoisotopic (exact) mass is 317 g/mol. The van der Waals surface area contributed by atoms with Gasteiger partial charge in [0.1, 0.15) is 0 Å². The molecule has 0 aliphatic heterocycles. The second-order valence-electron chi connectivity index (χ2n) is 4.89. The lowest BCUT2D eigenvalue weighted by Crippen LogP contribution is -2.55. The molecule has 0 bridgehead atoms. The maximum absolute atomic E-state index is 14.1. The Morgan fingerprint density at radius 3 is 2.09 bits per heavy atom. The van der Waals surface area contributed by atoms with Crippen LogP contribution in [0, 0.1) is 6.92 Å². The number of halogens is 5. The first kappa shape index (κ1) is 16.4. The molecule has 1 atom stereocenters. The van der Waals surface area contributed by atoms with Crippen molar-refractivity contribution in [2.75, 3.05) is 0 Å². The molecule has 22 heavy (non-hydrogen) atoms. The topological polar surface area (TPSA) is 33.1 Å². The second-order valence-corrected chi connectivity index (χ2v) is 4.89. The summed E-state index contributed by atoms with van der Waals surface area (Å²) in [7, 11) is 0. The number of hydrogen-bond acceptors (Lipinski definition) is 2. The fourth-order valence-corrected chi connectivity index (χ4v) is 2.18. The van der Waals surface area contributed by atoms with Gasteiger partial charge in [-0.15, -0.1) is 0 Å². The van der Waals surface area contributed by atoms with Crippen molar-refractivity contribution in [1.82, 2.24) is 4.98 Å². The molecule has 1 N–H and O–H groups in total. The number of hydrogen-bond donors (Lipinski definition) is 1. The van der Waals surface area contributed by atoms with Crippen LogP contribution in [0.15, 0.2) is 48.8 Å². The van der Waals surface area contributed by atoms with Crippen LogP contribution in [0.1, 0.15) is 16.7 Å². The fourth-order valence-electron chi connectivity index (χ4n) is 2.18. The molecular weight excluding hydrogens is 305 g/mol. The number of nitrogens with zero attached hydrogens (tertiary/aromatic N) is 1. The molecule has 118 valence electrons. The van der Waals surface area contributed by atoms with Gasteiger partial charge in [-0.05, 0) is 18.6 Å². The Balaban J connectivity index is 2.76. The zero-order valence-corrected chi connectivity index (χ0v) is 11.4. The van der Waals surface area contributed by atoms with Gasteiger partial charge in [-0.1, -0.05) is 35.9 Å². The van der Waals surface area contributed by atoms with Gasteiger partial charge in [0.05, 0.1) is 0 Å². The summed E-state index contributed by atoms with van der Waals surface area (Å²) in [5, 5.41) is 10.4. The molecule has 7 heteroatoms. The van der Waals surface area contributed by atoms with E-state index in [1.807, 2.05) is 0 Å². The third-order valence-electron chi connectivity index (χ3n) is 3.33. The van der Waals surface area contributed by atoms with Gasteiger partial charge < -0.3 is 5.11 Å². The van der Waals surface area contributed by atoms with E-state index in [0.717, 1.165) is 24.4 Å². The number of benzene rings is 1. The van der Waals surface area contributed by atoms with Crippen LogP contribution in [0.2, 0.25) is 0 Å². The Hall–Kier alpha value is -2.02. The van der Waals surface area contributed by atoms with Crippen LogP contribution in [-0.2, 0) is 5.60 Å². The van der Waals surface area contributed by atoms with Crippen LogP contribution >= 0.6 is 0 Å². The zero-order chi connectivity index (χ0) is 16.6. The summed E-state index contributed by atoms with van der Waals surface area (Å²) in [5.41, 5.74) is -4.31. The van der Waals surface area contributed by atoms with E-state index >= 15 is 0 Å². The standard InChI is InChI=1S/C15H12F5NO/c1-10-4-2-5-11(8-10)13(22,12-6-3-7-21-9-12)14(16,17)15(18,19)20/h2-9,22H,1H3. The second kappa shape index (κ2) is 5.31. The summed E-state index contributed by atoms with van der Waals surface area (Å²) in [5.74, 6) is -5.39. The lowest BCUT2D eigenvalue weighted by Gasteiger charge is -2.37. The fraction of sp³-hybridized carbons (Fsp3) is 0.267. The van der Waals surface area contributed by atoms with E-state index in [0.29, 0.717) is 5.56 Å². The molecule has 1 heterocycles. The molecule has 0 radical (unpaired) electrons. The SMILES string of the molecule is Cc1cccc(C(O)(c2cccnc2)C(F)(F)C(F)(F)F)c1. The number of aliphatic hydroxyl groups is 1. The van der Waals surface area contributed by atoms with Crippen molar-refractivity contribution in [1.29, 1.82) is 0 Å². The molecule has 1 aromatic heterocycles. The summed E-state index contributed by atoms with van der Waals surface area (Å²) in [6.07, 6.45) is -3.92. The van der Waals surface area contributed by atoms with Crippen LogP contribution in [0.5, 0.6) is 0 Å². The molecule has 1 unspecified atom stereocenters. The first-order chi connectivity index (χ1) is 10.1. The predicted molar refractivity (Wildman–Crippen MR) is 69.4 cm³/mol. The smallest absolute Gasteiger partial charge is 0.374 e. The average molecular weight is 317 g/mol. The molecule has 2 aromatic rings. The van der Waals surface area contributed by atoms with Crippen molar-refractivity contribution in [2.24, 2.45) is 0 Å². The van der Waals surface area contributed by atoms with Crippen molar-refractivity contribution >= 4 is 0 Å². The lowest BCUT2D eigenvalue weighted by molar-refractivity contribution is -0.336. The minimum absolute atomic E-state index is 0.442. The minimum Gasteiger partial charge on any atom is -0.374 e. The van der Waals surface area contributed by atoms with Crippen LogP contribution in [-0.4, -0.2) is 22.2 Å². The maximum atomic E-state index is 14.1. The summed E-state index contributed by atoms with van der Waals surface area (Å²) in [4.78, 5) is 3.53. The van der Waals surface area contributed by atoms with Gasteiger partial charge in [-0.25, -0.2) is 0 Å². The highest BCUT2D eigenvalue weighted by Gasteiger charge is 2.71. The molecular formula is C15H12F5NO. The highest BCUT2D eigenvalue weighted by Crippen LogP contribution is 2.51. The van der Waals surface area contributed by atoms with Gasteiger partial charge in [-0.3, -0.25) is 4.98 Å². The van der Waals surface area contributed by atoms with Gasteiger partial charge in [0, 0.05) is 18.0 Å². The molecule has 1 aromatic carbocycles. The first-order valence-electron chi connectivity index (χ1n) is 6.25. The van der Waals surface area contributed by atoms with Crippen LogP contribution < -0.4 is 0 Å². The van der Waals surface area contributed by atoms with Gasteiger partial charge in [0.25, 0.3) is 0 Å². The lowest BCUT2D eigenvalue weighted by atomic mass is 9.80. The van der Waals surface area contributed by atoms with Crippen molar-refractivity contribution < 1.29 is 27.1 Å². The predicted octanol–water partition coefficient (Wildman–Crippen LogP) is 3.82. The Morgan fingerprint density at radius 1 is 0.955 bits per heavy atom. The molecule has 0 fully saturated rings. The van der Waals surface area contributed by atoms with E-state index < -0.39 is 28.8 Å². The Morgan fingerprint density at radius 2 is 1.59 bits per heavy atom. The van der Waals surface area contributed by atoms with Gasteiger partial charge in [-0.2, -0.15) is 22.0 Å². The minimum atomic E-state index is -5.93. The third-order valence-corrected chi connectivity index (χ3v) is 3.33. The Kier molecular flexibility index (Phi) is 3.95. The van der Waals surface area contributed by atoms with Gasteiger partial charge in [0.2, 0.25) is 0 Å². The number of alkyl halides is 5. The molecule has 0 amide bonds. The average Bonchev–Trinajstić information content (AvgIpc) is 2.46. The molecule has 0 saturated carbocycles. The number of pyridine rings is 1. The maximum Gasteiger partial charge on any atom is 0.457 e. The van der Waals surface area contributed by atoms with E-state index in [4.69, 9.17) is 0 Å². The quantitative estimate of drug-likeness (QED) is 0.873. The summed E-state index contributed by atoms with van der Waals surface area (Å²) < 4.78 is 66.8. The molecule has 0 aliphatic rings. The Labute approximate surface area is 123 Å². The van der Waals surface area contributed by atoms with Crippen LogP contribution in [0.4, 0.5) is 22.0 Å². The summed E-state index contributed by atoms with van der Waals surface area (Å²) in [6.45, 7) is 1.53. The summed E-state index contributed by atoms with van der Waals surface area (Å²) in [6, 6.07) is 7.11. The van der Waals surface area contributed by atoms with Crippen LogP contribution in [0.3, 0.4) is 0 Å². The molecule has 2 nitrogen and oxygen atoms in total. The third kappa shape index (κ3) is 2.45. The summed E-state index contributed by atoms with van der Waals surface area (Å²) >= 11 is 0. The molecule has 0 aliphatic carbocycles. The normalized spacial score (nSPS) is 15.4. The molecule has 0 spiro atoms. The first-order valence-corrected chi connectivity index (χ1v) is 6.25. The highest BCUT2D eigenvalue weighted by molar-refractivity contribution is 5.40. The van der Waals surface area contributed by atoms with E-state index in [1.54, 1.807) is 0 Å². The van der Waals surface area contributed by atoms with E-state index in [1.165, 1.54) is 31.3 Å². The van der Waals surface area contributed by atoms with E-state index in [-0.39, 0.29) is 0 Å². The van der Waals surface area contributed by atoms with E-state index in [9.17, 15) is 27.1 Å². The number of rotatable bonds is 3. The van der Waals surface area contributed by atoms with Gasteiger partial charge in [0.15, 0.2) is 5.60 Å². The van der Waals surface area contributed by atoms with E-state index in [2.05, 4.69) is 4.98 Å². The van der Waals surface area contributed by atoms with Crippen molar-refractivity contribution in [3.05, 3.63) is 65.5 Å². The molecule has 0 saturated heterocycles. The van der Waals surface area contributed by atoms with Crippen molar-refractivity contribution in [3.8, 4) is 0 Å². The van der Waals surface area contributed by atoms with Crippen molar-refractivity contribution in [3.63, 3.8) is 0 Å². The zero-order valence-electron chi connectivity index (χ0n) is 11.4. The Bertz CT molecular complexity index is 656.